The second-order valence-corrected chi connectivity index (χ2v) is 9.79. The molecule has 0 heterocycles. The Labute approximate surface area is 204 Å². The minimum Gasteiger partial charge on any atom is -0.423 e. The molecule has 0 atom stereocenters. The van der Waals surface area contributed by atoms with Crippen LogP contribution >= 0.6 is 0 Å². The smallest absolute Gasteiger partial charge is 0.343 e. The second-order valence-electron chi connectivity index (χ2n) is 8.00. The van der Waals surface area contributed by atoms with Crippen molar-refractivity contribution < 1.29 is 22.7 Å². The van der Waals surface area contributed by atoms with Crippen LogP contribution in [0.4, 0.5) is 5.69 Å². The third kappa shape index (κ3) is 5.31. The third-order valence-electron chi connectivity index (χ3n) is 5.33. The average molecular weight is 486 g/mol. The number of hydrogen-bond acceptors (Lipinski definition) is 5. The third-order valence-corrected chi connectivity index (χ3v) is 7.06. The molecule has 4 aromatic carbocycles. The zero-order valence-corrected chi connectivity index (χ0v) is 20.0. The Morgan fingerprint density at radius 3 is 1.71 bits per heavy atom. The van der Waals surface area contributed by atoms with Gasteiger partial charge in [-0.25, -0.2) is 13.2 Å². The lowest BCUT2D eigenvalue weighted by atomic mass is 10.1. The topological polar surface area (TPSA) is 80.8 Å². The lowest BCUT2D eigenvalue weighted by Crippen LogP contribution is -2.37. The maximum Gasteiger partial charge on any atom is 0.343 e. The summed E-state index contributed by atoms with van der Waals surface area (Å²) < 4.78 is 33.2. The van der Waals surface area contributed by atoms with E-state index in [0.29, 0.717) is 5.56 Å². The number of nitrogens with zero attached hydrogens (tertiary/aromatic N) is 1. The van der Waals surface area contributed by atoms with E-state index in [4.69, 9.17) is 4.74 Å². The molecular weight excluding hydrogens is 462 g/mol. The van der Waals surface area contributed by atoms with Gasteiger partial charge in [-0.15, -0.1) is 0 Å². The predicted molar refractivity (Wildman–Crippen MR) is 134 cm³/mol. The highest BCUT2D eigenvalue weighted by atomic mass is 32.2. The summed E-state index contributed by atoms with van der Waals surface area (Å²) in [5.41, 5.74) is 2.70. The normalized spacial score (nSPS) is 11.0. The summed E-state index contributed by atoms with van der Waals surface area (Å²) in [5.74, 6) is -1.01. The van der Waals surface area contributed by atoms with Gasteiger partial charge < -0.3 is 4.74 Å². The van der Waals surface area contributed by atoms with Crippen molar-refractivity contribution in [1.82, 2.24) is 0 Å². The Balaban J connectivity index is 1.68. The van der Waals surface area contributed by atoms with Crippen molar-refractivity contribution in [3.05, 3.63) is 125 Å². The van der Waals surface area contributed by atoms with E-state index in [9.17, 15) is 18.0 Å². The summed E-state index contributed by atoms with van der Waals surface area (Å²) in [6.07, 6.45) is 0. The molecule has 0 aliphatic heterocycles. The molecule has 35 heavy (non-hydrogen) atoms. The van der Waals surface area contributed by atoms with Crippen LogP contribution < -0.4 is 9.04 Å². The first-order valence-corrected chi connectivity index (χ1v) is 12.3. The maximum absolute atomic E-state index is 13.5. The van der Waals surface area contributed by atoms with E-state index >= 15 is 0 Å². The summed E-state index contributed by atoms with van der Waals surface area (Å²) in [5, 5.41) is 0. The van der Waals surface area contributed by atoms with Gasteiger partial charge in [0.2, 0.25) is 0 Å². The molecule has 4 aromatic rings. The number of hydrogen-bond donors (Lipinski definition) is 0. The average Bonchev–Trinajstić information content (AvgIpc) is 2.86. The van der Waals surface area contributed by atoms with Gasteiger partial charge in [0.1, 0.15) is 5.75 Å². The van der Waals surface area contributed by atoms with Crippen LogP contribution in [0.15, 0.2) is 108 Å². The number of benzene rings is 4. The molecule has 0 aliphatic carbocycles. The monoisotopic (exact) mass is 485 g/mol. The van der Waals surface area contributed by atoms with Crippen LogP contribution in [0.25, 0.3) is 0 Å². The van der Waals surface area contributed by atoms with Gasteiger partial charge in [-0.05, 0) is 74.5 Å². The van der Waals surface area contributed by atoms with Crippen LogP contribution in [-0.4, -0.2) is 20.3 Å². The van der Waals surface area contributed by atoms with Crippen molar-refractivity contribution in [2.24, 2.45) is 0 Å². The van der Waals surface area contributed by atoms with Crippen LogP contribution in [0.1, 0.15) is 31.8 Å². The molecule has 1 amide bonds. The van der Waals surface area contributed by atoms with Gasteiger partial charge in [0.25, 0.3) is 15.9 Å². The fourth-order valence-corrected chi connectivity index (χ4v) is 4.82. The number of ether oxygens (including phenoxy) is 1. The highest BCUT2D eigenvalue weighted by Gasteiger charge is 2.31. The Kier molecular flexibility index (Phi) is 6.80. The number of rotatable bonds is 6. The van der Waals surface area contributed by atoms with Crippen molar-refractivity contribution in [2.45, 2.75) is 18.7 Å². The fourth-order valence-electron chi connectivity index (χ4n) is 3.38. The second kappa shape index (κ2) is 9.95. The van der Waals surface area contributed by atoms with Gasteiger partial charge in [0.05, 0.1) is 16.1 Å². The summed E-state index contributed by atoms with van der Waals surface area (Å²) in [6, 6.07) is 27.1. The molecule has 0 radical (unpaired) electrons. The van der Waals surface area contributed by atoms with E-state index in [1.54, 1.807) is 54.6 Å². The minimum atomic E-state index is -4.22. The molecule has 6 nitrogen and oxygen atoms in total. The molecule has 0 saturated heterocycles. The van der Waals surface area contributed by atoms with E-state index in [-0.39, 0.29) is 21.9 Å². The quantitative estimate of drug-likeness (QED) is 0.264. The first-order chi connectivity index (χ1) is 16.8. The predicted octanol–water partition coefficient (Wildman–Crippen LogP) is 5.56. The number of aryl methyl sites for hydroxylation is 2. The van der Waals surface area contributed by atoms with Crippen LogP contribution in [-0.2, 0) is 10.0 Å². The lowest BCUT2D eigenvalue weighted by Gasteiger charge is -2.23. The Morgan fingerprint density at radius 2 is 1.17 bits per heavy atom. The van der Waals surface area contributed by atoms with E-state index in [1.807, 2.05) is 26.0 Å². The Morgan fingerprint density at radius 1 is 0.657 bits per heavy atom. The molecule has 0 unspecified atom stereocenters. The SMILES string of the molecule is Cc1ccc(C(=O)Oc2ccc(N(C(=O)c3ccc(C)cc3)S(=O)(=O)c3ccccc3)cc2)cc1. The van der Waals surface area contributed by atoms with E-state index in [0.717, 1.165) is 15.4 Å². The van der Waals surface area contributed by atoms with Gasteiger partial charge in [0.15, 0.2) is 0 Å². The molecule has 7 heteroatoms. The fraction of sp³-hybridized carbons (Fsp3) is 0.0714. The lowest BCUT2D eigenvalue weighted by molar-refractivity contribution is 0.0734. The number of carbonyl (C=O) groups is 2. The molecular formula is C28H23NO5S. The van der Waals surface area contributed by atoms with E-state index in [1.165, 1.54) is 36.4 Å². The van der Waals surface area contributed by atoms with Gasteiger partial charge in [-0.2, -0.15) is 4.31 Å². The highest BCUT2D eigenvalue weighted by Crippen LogP contribution is 2.28. The number of esters is 1. The highest BCUT2D eigenvalue weighted by molar-refractivity contribution is 7.93. The van der Waals surface area contributed by atoms with Crippen LogP contribution in [0.3, 0.4) is 0 Å². The van der Waals surface area contributed by atoms with Gasteiger partial charge in [-0.3, -0.25) is 4.79 Å². The van der Waals surface area contributed by atoms with Crippen molar-refractivity contribution >= 4 is 27.6 Å². The zero-order valence-electron chi connectivity index (χ0n) is 19.2. The van der Waals surface area contributed by atoms with E-state index in [2.05, 4.69) is 0 Å². The van der Waals surface area contributed by atoms with Gasteiger partial charge in [-0.1, -0.05) is 53.6 Å². The van der Waals surface area contributed by atoms with Crippen molar-refractivity contribution in [2.75, 3.05) is 4.31 Å². The van der Waals surface area contributed by atoms with E-state index < -0.39 is 21.9 Å². The maximum atomic E-state index is 13.5. The van der Waals surface area contributed by atoms with Crippen LogP contribution in [0.2, 0.25) is 0 Å². The Bertz CT molecular complexity index is 1450. The summed E-state index contributed by atoms with van der Waals surface area (Å²) >= 11 is 0. The summed E-state index contributed by atoms with van der Waals surface area (Å²) in [4.78, 5) is 25.8. The molecule has 0 aliphatic rings. The van der Waals surface area contributed by atoms with Crippen molar-refractivity contribution in [1.29, 1.82) is 0 Å². The van der Waals surface area contributed by atoms with Crippen molar-refractivity contribution in [3.63, 3.8) is 0 Å². The van der Waals surface area contributed by atoms with Gasteiger partial charge in [0, 0.05) is 5.56 Å². The molecule has 176 valence electrons. The minimum absolute atomic E-state index is 0.0182. The first kappa shape index (κ1) is 23.9. The number of anilines is 1. The number of amides is 1. The van der Waals surface area contributed by atoms with Crippen LogP contribution in [0.5, 0.6) is 5.75 Å². The largest absolute Gasteiger partial charge is 0.423 e. The molecule has 4 rings (SSSR count). The molecule has 0 N–H and O–H groups in total. The summed E-state index contributed by atoms with van der Waals surface area (Å²) in [6.45, 7) is 3.80. The summed E-state index contributed by atoms with van der Waals surface area (Å²) in [7, 11) is -4.22. The molecule has 0 bridgehead atoms. The molecule has 0 saturated carbocycles. The van der Waals surface area contributed by atoms with Crippen molar-refractivity contribution in [3.8, 4) is 5.75 Å². The molecule has 0 aromatic heterocycles. The first-order valence-electron chi connectivity index (χ1n) is 10.9. The van der Waals surface area contributed by atoms with Gasteiger partial charge >= 0.3 is 5.97 Å². The molecule has 0 spiro atoms. The molecule has 0 fully saturated rings. The standard InChI is InChI=1S/C28H23NO5S/c1-20-8-12-22(13-9-20)27(30)29(35(32,33)26-6-4-3-5-7-26)24-16-18-25(19-17-24)34-28(31)23-14-10-21(2)11-15-23/h3-19H,1-2H3. The zero-order chi connectivity index (χ0) is 25.0. The van der Waals surface area contributed by atoms with Crippen LogP contribution in [0, 0.1) is 13.8 Å². The number of carbonyl (C=O) groups excluding carboxylic acids is 2. The number of sulfonamides is 1. The Hall–Kier alpha value is -4.23.